The standard InChI is InChI=1S/C19H19FO4/c1-23-17(21)12-16(13-8-10-15(20)11-9-13)18(19(22)24-2)14-6-4-3-5-7-14/h3-11,16,18H,12H2,1-2H3/t16-,18-/m0/s1. The summed E-state index contributed by atoms with van der Waals surface area (Å²) in [6, 6.07) is 14.8. The van der Waals surface area contributed by atoms with Crippen molar-refractivity contribution in [2.24, 2.45) is 0 Å². The molecule has 2 aromatic carbocycles. The molecule has 2 atom stereocenters. The van der Waals surface area contributed by atoms with Gasteiger partial charge in [-0.1, -0.05) is 42.5 Å². The Kier molecular flexibility index (Phi) is 6.07. The SMILES string of the molecule is COC(=O)C[C@@H](c1ccc(F)cc1)[C@@H](C(=O)OC)c1ccccc1. The molecular weight excluding hydrogens is 311 g/mol. The van der Waals surface area contributed by atoms with Crippen LogP contribution in [-0.4, -0.2) is 26.2 Å². The molecule has 126 valence electrons. The summed E-state index contributed by atoms with van der Waals surface area (Å²) in [4.78, 5) is 24.3. The van der Waals surface area contributed by atoms with Crippen LogP contribution in [0.4, 0.5) is 4.39 Å². The normalized spacial score (nSPS) is 13.0. The molecule has 0 amide bonds. The fraction of sp³-hybridized carbons (Fsp3) is 0.263. The molecule has 0 saturated carbocycles. The summed E-state index contributed by atoms with van der Waals surface area (Å²) >= 11 is 0. The third-order valence-corrected chi connectivity index (χ3v) is 3.93. The Morgan fingerprint density at radius 3 is 2.08 bits per heavy atom. The van der Waals surface area contributed by atoms with Gasteiger partial charge in [0.05, 0.1) is 26.6 Å². The van der Waals surface area contributed by atoms with Crippen LogP contribution in [0.2, 0.25) is 0 Å². The quantitative estimate of drug-likeness (QED) is 0.762. The van der Waals surface area contributed by atoms with Crippen LogP contribution in [0.3, 0.4) is 0 Å². The predicted molar refractivity (Wildman–Crippen MR) is 87.0 cm³/mol. The third-order valence-electron chi connectivity index (χ3n) is 3.93. The Bertz CT molecular complexity index is 682. The van der Waals surface area contributed by atoms with Gasteiger partial charge in [0.2, 0.25) is 0 Å². The molecule has 0 aliphatic rings. The summed E-state index contributed by atoms with van der Waals surface area (Å²) in [6.07, 6.45) is -0.0171. The minimum atomic E-state index is -0.694. The van der Waals surface area contributed by atoms with Crippen molar-refractivity contribution in [3.8, 4) is 0 Å². The Labute approximate surface area is 140 Å². The molecule has 0 spiro atoms. The van der Waals surface area contributed by atoms with E-state index in [0.717, 1.165) is 5.56 Å². The van der Waals surface area contributed by atoms with Gasteiger partial charge in [-0.05, 0) is 23.3 Å². The van der Waals surface area contributed by atoms with Crippen LogP contribution >= 0.6 is 0 Å². The molecule has 0 radical (unpaired) electrons. The monoisotopic (exact) mass is 330 g/mol. The Morgan fingerprint density at radius 1 is 0.917 bits per heavy atom. The highest BCUT2D eigenvalue weighted by Crippen LogP contribution is 2.37. The van der Waals surface area contributed by atoms with E-state index in [-0.39, 0.29) is 12.2 Å². The van der Waals surface area contributed by atoms with Gasteiger partial charge in [0, 0.05) is 5.92 Å². The number of methoxy groups -OCH3 is 2. The van der Waals surface area contributed by atoms with Gasteiger partial charge >= 0.3 is 11.9 Å². The van der Waals surface area contributed by atoms with E-state index in [1.165, 1.54) is 26.4 Å². The molecule has 0 N–H and O–H groups in total. The number of rotatable bonds is 6. The van der Waals surface area contributed by atoms with Crippen LogP contribution in [0.5, 0.6) is 0 Å². The second-order valence-corrected chi connectivity index (χ2v) is 5.35. The third kappa shape index (κ3) is 4.19. The van der Waals surface area contributed by atoms with Crippen molar-refractivity contribution < 1.29 is 23.5 Å². The topological polar surface area (TPSA) is 52.6 Å². The molecule has 0 unspecified atom stereocenters. The molecular formula is C19H19FO4. The van der Waals surface area contributed by atoms with Crippen molar-refractivity contribution in [3.05, 3.63) is 71.5 Å². The van der Waals surface area contributed by atoms with Crippen LogP contribution < -0.4 is 0 Å². The van der Waals surface area contributed by atoms with Gasteiger partial charge in [0.25, 0.3) is 0 Å². The first kappa shape index (κ1) is 17.7. The fourth-order valence-corrected chi connectivity index (χ4v) is 2.72. The van der Waals surface area contributed by atoms with Crippen molar-refractivity contribution in [1.29, 1.82) is 0 Å². The van der Waals surface area contributed by atoms with Crippen molar-refractivity contribution >= 4 is 11.9 Å². The molecule has 0 fully saturated rings. The number of ether oxygens (including phenoxy) is 2. The second kappa shape index (κ2) is 8.24. The summed E-state index contributed by atoms with van der Waals surface area (Å²) < 4.78 is 22.9. The number of benzene rings is 2. The number of esters is 2. The maximum atomic E-state index is 13.2. The van der Waals surface area contributed by atoms with E-state index in [9.17, 15) is 14.0 Å². The number of hydrogen-bond acceptors (Lipinski definition) is 4. The maximum absolute atomic E-state index is 13.2. The smallest absolute Gasteiger partial charge is 0.313 e. The van der Waals surface area contributed by atoms with Gasteiger partial charge in [0.1, 0.15) is 5.82 Å². The van der Waals surface area contributed by atoms with E-state index >= 15 is 0 Å². The van der Waals surface area contributed by atoms with Gasteiger partial charge < -0.3 is 9.47 Å². The van der Waals surface area contributed by atoms with Crippen LogP contribution in [0.15, 0.2) is 54.6 Å². The molecule has 4 nitrogen and oxygen atoms in total. The van der Waals surface area contributed by atoms with E-state index in [1.807, 2.05) is 18.2 Å². The maximum Gasteiger partial charge on any atom is 0.313 e. The lowest BCUT2D eigenvalue weighted by molar-refractivity contribution is -0.144. The first-order chi connectivity index (χ1) is 11.6. The van der Waals surface area contributed by atoms with E-state index in [4.69, 9.17) is 9.47 Å². The number of carbonyl (C=O) groups is 2. The molecule has 5 heteroatoms. The summed E-state index contributed by atoms with van der Waals surface area (Å²) in [7, 11) is 2.60. The van der Waals surface area contributed by atoms with Gasteiger partial charge in [0.15, 0.2) is 0 Å². The minimum absolute atomic E-state index is 0.0171. The lowest BCUT2D eigenvalue weighted by Gasteiger charge is -2.25. The highest BCUT2D eigenvalue weighted by Gasteiger charge is 2.33. The van der Waals surface area contributed by atoms with E-state index in [2.05, 4.69) is 0 Å². The molecule has 0 aliphatic carbocycles. The first-order valence-corrected chi connectivity index (χ1v) is 7.52. The Balaban J connectivity index is 2.49. The predicted octanol–water partition coefficient (Wildman–Crippen LogP) is 3.43. The first-order valence-electron chi connectivity index (χ1n) is 7.52. The van der Waals surface area contributed by atoms with Crippen LogP contribution in [0.1, 0.15) is 29.4 Å². The molecule has 0 aliphatic heterocycles. The molecule has 0 bridgehead atoms. The second-order valence-electron chi connectivity index (χ2n) is 5.35. The Hall–Kier alpha value is -2.69. The van der Waals surface area contributed by atoms with E-state index in [1.54, 1.807) is 24.3 Å². The lowest BCUT2D eigenvalue weighted by Crippen LogP contribution is -2.24. The zero-order valence-electron chi connectivity index (χ0n) is 13.6. The highest BCUT2D eigenvalue weighted by atomic mass is 19.1. The summed E-state index contributed by atoms with van der Waals surface area (Å²) in [5, 5.41) is 0. The number of halogens is 1. The van der Waals surface area contributed by atoms with Gasteiger partial charge in [-0.2, -0.15) is 0 Å². The van der Waals surface area contributed by atoms with Crippen molar-refractivity contribution in [2.45, 2.75) is 18.3 Å². The average Bonchev–Trinajstić information content (AvgIpc) is 2.62. The summed E-state index contributed by atoms with van der Waals surface area (Å²) in [6.45, 7) is 0. The van der Waals surface area contributed by atoms with Gasteiger partial charge in [-0.3, -0.25) is 9.59 Å². The molecule has 24 heavy (non-hydrogen) atoms. The average molecular weight is 330 g/mol. The number of hydrogen-bond donors (Lipinski definition) is 0. The van der Waals surface area contributed by atoms with E-state index in [0.29, 0.717) is 5.56 Å². The minimum Gasteiger partial charge on any atom is -0.469 e. The molecule has 0 aromatic heterocycles. The van der Waals surface area contributed by atoms with Crippen molar-refractivity contribution in [2.75, 3.05) is 14.2 Å². The van der Waals surface area contributed by atoms with Crippen LogP contribution in [0, 0.1) is 5.82 Å². The number of carbonyl (C=O) groups excluding carboxylic acids is 2. The fourth-order valence-electron chi connectivity index (χ4n) is 2.72. The summed E-state index contributed by atoms with van der Waals surface area (Å²) in [5.41, 5.74) is 1.39. The van der Waals surface area contributed by atoms with Gasteiger partial charge in [-0.15, -0.1) is 0 Å². The largest absolute Gasteiger partial charge is 0.469 e. The van der Waals surface area contributed by atoms with E-state index < -0.39 is 23.8 Å². The van der Waals surface area contributed by atoms with Crippen molar-refractivity contribution in [3.63, 3.8) is 0 Å². The van der Waals surface area contributed by atoms with Crippen LogP contribution in [-0.2, 0) is 19.1 Å². The zero-order chi connectivity index (χ0) is 17.5. The summed E-state index contributed by atoms with van der Waals surface area (Å²) in [5.74, 6) is -2.51. The zero-order valence-corrected chi connectivity index (χ0v) is 13.6. The molecule has 0 heterocycles. The van der Waals surface area contributed by atoms with Crippen molar-refractivity contribution in [1.82, 2.24) is 0 Å². The lowest BCUT2D eigenvalue weighted by atomic mass is 9.79. The van der Waals surface area contributed by atoms with Gasteiger partial charge in [-0.25, -0.2) is 4.39 Å². The van der Waals surface area contributed by atoms with Crippen LogP contribution in [0.25, 0.3) is 0 Å². The Morgan fingerprint density at radius 2 is 1.54 bits per heavy atom. The molecule has 2 rings (SSSR count). The molecule has 2 aromatic rings. The molecule has 0 saturated heterocycles. The highest BCUT2D eigenvalue weighted by molar-refractivity contribution is 5.81.